The van der Waals surface area contributed by atoms with Gasteiger partial charge < -0.3 is 19.5 Å². The molecule has 0 aliphatic carbocycles. The fraction of sp³-hybridized carbons (Fsp3) is 0.692. The normalized spacial score (nSPS) is 20.9. The highest BCUT2D eigenvalue weighted by molar-refractivity contribution is 5.81. The zero-order valence-corrected chi connectivity index (χ0v) is 11.2. The Labute approximate surface area is 113 Å². The van der Waals surface area contributed by atoms with Crippen molar-refractivity contribution < 1.29 is 24.2 Å². The first kappa shape index (κ1) is 15.7. The van der Waals surface area contributed by atoms with Crippen molar-refractivity contribution >= 4 is 11.9 Å². The molecule has 0 saturated carbocycles. The number of carbonyl (C=O) groups excluding carboxylic acids is 1. The SMILES string of the molecule is C=CCCOC(C)C(=O)N1CCOCC1CC(=O)O. The predicted molar refractivity (Wildman–Crippen MR) is 68.8 cm³/mol. The Kier molecular flexibility index (Phi) is 6.52. The van der Waals surface area contributed by atoms with Crippen molar-refractivity contribution in [2.24, 2.45) is 0 Å². The van der Waals surface area contributed by atoms with E-state index in [0.717, 1.165) is 0 Å². The van der Waals surface area contributed by atoms with Crippen molar-refractivity contribution in [2.45, 2.75) is 31.9 Å². The lowest BCUT2D eigenvalue weighted by molar-refractivity contribution is -0.154. The van der Waals surface area contributed by atoms with Crippen LogP contribution in [0.15, 0.2) is 12.7 Å². The van der Waals surface area contributed by atoms with Gasteiger partial charge in [0.2, 0.25) is 0 Å². The van der Waals surface area contributed by atoms with E-state index in [0.29, 0.717) is 26.2 Å². The molecule has 1 amide bonds. The molecule has 0 aromatic rings. The summed E-state index contributed by atoms with van der Waals surface area (Å²) in [6.45, 7) is 6.80. The lowest BCUT2D eigenvalue weighted by Crippen LogP contribution is -2.52. The smallest absolute Gasteiger partial charge is 0.305 e. The maximum Gasteiger partial charge on any atom is 0.305 e. The van der Waals surface area contributed by atoms with Gasteiger partial charge in [-0.15, -0.1) is 6.58 Å². The van der Waals surface area contributed by atoms with E-state index in [2.05, 4.69) is 6.58 Å². The topological polar surface area (TPSA) is 76.1 Å². The van der Waals surface area contributed by atoms with Gasteiger partial charge in [0.05, 0.1) is 32.3 Å². The minimum Gasteiger partial charge on any atom is -0.481 e. The Hall–Kier alpha value is -1.40. The minimum atomic E-state index is -0.937. The van der Waals surface area contributed by atoms with E-state index in [4.69, 9.17) is 14.6 Å². The highest BCUT2D eigenvalue weighted by Gasteiger charge is 2.31. The van der Waals surface area contributed by atoms with Gasteiger partial charge in [0.15, 0.2) is 0 Å². The quantitative estimate of drug-likeness (QED) is 0.544. The number of carboxylic acids is 1. The Bertz CT molecular complexity index is 331. The van der Waals surface area contributed by atoms with Crippen molar-refractivity contribution in [1.82, 2.24) is 4.90 Å². The van der Waals surface area contributed by atoms with E-state index in [-0.39, 0.29) is 18.9 Å². The van der Waals surface area contributed by atoms with Gasteiger partial charge in [-0.25, -0.2) is 0 Å². The summed E-state index contributed by atoms with van der Waals surface area (Å²) in [5.74, 6) is -1.12. The van der Waals surface area contributed by atoms with Gasteiger partial charge in [-0.1, -0.05) is 6.08 Å². The van der Waals surface area contributed by atoms with Crippen LogP contribution in [0.5, 0.6) is 0 Å². The standard InChI is InChI=1S/C13H21NO5/c1-3-4-6-19-10(2)13(17)14-5-7-18-9-11(14)8-12(15)16/h3,10-11H,1,4-9H2,2H3,(H,15,16). The van der Waals surface area contributed by atoms with Crippen LogP contribution in [-0.2, 0) is 19.1 Å². The van der Waals surface area contributed by atoms with Gasteiger partial charge in [0, 0.05) is 6.54 Å². The number of aliphatic carboxylic acids is 1. The molecule has 1 fully saturated rings. The number of amides is 1. The van der Waals surface area contributed by atoms with Crippen molar-refractivity contribution in [3.63, 3.8) is 0 Å². The second kappa shape index (κ2) is 7.91. The molecule has 1 aliphatic heterocycles. The maximum absolute atomic E-state index is 12.2. The molecule has 1 heterocycles. The van der Waals surface area contributed by atoms with Crippen molar-refractivity contribution in [1.29, 1.82) is 0 Å². The Morgan fingerprint density at radius 2 is 2.37 bits per heavy atom. The van der Waals surface area contributed by atoms with Gasteiger partial charge in [0.25, 0.3) is 5.91 Å². The van der Waals surface area contributed by atoms with E-state index >= 15 is 0 Å². The van der Waals surface area contributed by atoms with Gasteiger partial charge >= 0.3 is 5.97 Å². The highest BCUT2D eigenvalue weighted by atomic mass is 16.5. The largest absolute Gasteiger partial charge is 0.481 e. The van der Waals surface area contributed by atoms with E-state index in [1.165, 1.54) is 0 Å². The average Bonchev–Trinajstić information content (AvgIpc) is 2.38. The molecule has 1 N–H and O–H groups in total. The summed E-state index contributed by atoms with van der Waals surface area (Å²) in [5, 5.41) is 8.84. The minimum absolute atomic E-state index is 0.106. The van der Waals surface area contributed by atoms with Crippen LogP contribution >= 0.6 is 0 Å². The van der Waals surface area contributed by atoms with E-state index < -0.39 is 18.1 Å². The first-order valence-corrected chi connectivity index (χ1v) is 6.38. The molecule has 6 nitrogen and oxygen atoms in total. The number of carbonyl (C=O) groups is 2. The Balaban J connectivity index is 2.55. The first-order valence-electron chi connectivity index (χ1n) is 6.38. The maximum atomic E-state index is 12.2. The fourth-order valence-electron chi connectivity index (χ4n) is 1.95. The van der Waals surface area contributed by atoms with E-state index in [9.17, 15) is 9.59 Å². The predicted octanol–water partition coefficient (Wildman–Crippen LogP) is 0.670. The van der Waals surface area contributed by atoms with Crippen LogP contribution in [0.4, 0.5) is 0 Å². The summed E-state index contributed by atoms with van der Waals surface area (Å²) in [7, 11) is 0. The molecular weight excluding hydrogens is 250 g/mol. The number of hydrogen-bond acceptors (Lipinski definition) is 4. The van der Waals surface area contributed by atoms with E-state index in [1.807, 2.05) is 0 Å². The average molecular weight is 271 g/mol. The summed E-state index contributed by atoms with van der Waals surface area (Å²) in [5.41, 5.74) is 0. The summed E-state index contributed by atoms with van der Waals surface area (Å²) < 4.78 is 10.6. The molecule has 0 aromatic carbocycles. The third kappa shape index (κ3) is 5.00. The molecular formula is C13H21NO5. The van der Waals surface area contributed by atoms with Crippen LogP contribution < -0.4 is 0 Å². The Morgan fingerprint density at radius 1 is 1.63 bits per heavy atom. The zero-order chi connectivity index (χ0) is 14.3. The monoisotopic (exact) mass is 271 g/mol. The molecule has 0 spiro atoms. The fourth-order valence-corrected chi connectivity index (χ4v) is 1.95. The number of hydrogen-bond donors (Lipinski definition) is 1. The van der Waals surface area contributed by atoms with Gasteiger partial charge in [-0.05, 0) is 13.3 Å². The molecule has 2 atom stereocenters. The molecule has 0 bridgehead atoms. The molecule has 2 unspecified atom stereocenters. The van der Waals surface area contributed by atoms with Gasteiger partial charge in [-0.3, -0.25) is 9.59 Å². The lowest BCUT2D eigenvalue weighted by atomic mass is 10.1. The molecule has 19 heavy (non-hydrogen) atoms. The number of ether oxygens (including phenoxy) is 2. The summed E-state index contributed by atoms with van der Waals surface area (Å²) >= 11 is 0. The number of morpholine rings is 1. The summed E-state index contributed by atoms with van der Waals surface area (Å²) in [6.07, 6.45) is 1.72. The molecule has 108 valence electrons. The molecule has 1 rings (SSSR count). The van der Waals surface area contributed by atoms with Gasteiger partial charge in [-0.2, -0.15) is 0 Å². The van der Waals surface area contributed by atoms with Gasteiger partial charge in [0.1, 0.15) is 6.10 Å². The molecule has 1 aliphatic rings. The number of rotatable bonds is 7. The molecule has 0 radical (unpaired) electrons. The molecule has 6 heteroatoms. The van der Waals surface area contributed by atoms with Crippen LogP contribution in [0, 0.1) is 0 Å². The second-order valence-corrected chi connectivity index (χ2v) is 4.45. The second-order valence-electron chi connectivity index (χ2n) is 4.45. The highest BCUT2D eigenvalue weighted by Crippen LogP contribution is 2.13. The zero-order valence-electron chi connectivity index (χ0n) is 11.2. The number of nitrogens with zero attached hydrogens (tertiary/aromatic N) is 1. The third-order valence-corrected chi connectivity index (χ3v) is 2.96. The van der Waals surface area contributed by atoms with Crippen LogP contribution in [-0.4, -0.2) is 60.4 Å². The van der Waals surface area contributed by atoms with Crippen LogP contribution in [0.2, 0.25) is 0 Å². The third-order valence-electron chi connectivity index (χ3n) is 2.96. The summed E-state index contributed by atoms with van der Waals surface area (Å²) in [6, 6.07) is -0.413. The number of carboxylic acid groups (broad SMARTS) is 1. The lowest BCUT2D eigenvalue weighted by Gasteiger charge is -2.36. The first-order chi connectivity index (χ1) is 9.06. The summed E-state index contributed by atoms with van der Waals surface area (Å²) in [4.78, 5) is 24.5. The van der Waals surface area contributed by atoms with Crippen molar-refractivity contribution in [2.75, 3.05) is 26.4 Å². The van der Waals surface area contributed by atoms with Crippen molar-refractivity contribution in [3.05, 3.63) is 12.7 Å². The van der Waals surface area contributed by atoms with Crippen LogP contribution in [0.1, 0.15) is 19.8 Å². The molecule has 0 aromatic heterocycles. The van der Waals surface area contributed by atoms with E-state index in [1.54, 1.807) is 17.9 Å². The van der Waals surface area contributed by atoms with Crippen LogP contribution in [0.3, 0.4) is 0 Å². The van der Waals surface area contributed by atoms with Crippen LogP contribution in [0.25, 0.3) is 0 Å². The molecule has 1 saturated heterocycles. The Morgan fingerprint density at radius 3 is 3.00 bits per heavy atom. The van der Waals surface area contributed by atoms with Crippen molar-refractivity contribution in [3.8, 4) is 0 Å².